The van der Waals surface area contributed by atoms with Gasteiger partial charge in [-0.2, -0.15) is 5.10 Å². The van der Waals surface area contributed by atoms with Crippen LogP contribution in [0.4, 0.5) is 5.82 Å². The molecule has 0 aliphatic rings. The van der Waals surface area contributed by atoms with Crippen LogP contribution >= 0.6 is 11.8 Å². The first-order chi connectivity index (χ1) is 10.3. The van der Waals surface area contributed by atoms with Crippen LogP contribution in [0, 0.1) is 6.92 Å². The van der Waals surface area contributed by atoms with Gasteiger partial charge in [-0.15, -0.1) is 11.8 Å². The SMILES string of the molecule is Cc1cc(NC(=O)CSC(C)(C)C)n(Cc2ccccc2)n1. The number of anilines is 1. The maximum atomic E-state index is 12.1. The lowest BCUT2D eigenvalue weighted by Gasteiger charge is -2.17. The fourth-order valence-corrected chi connectivity index (χ4v) is 2.62. The summed E-state index contributed by atoms with van der Waals surface area (Å²) >= 11 is 1.64. The molecule has 1 N–H and O–H groups in total. The van der Waals surface area contributed by atoms with Crippen molar-refractivity contribution in [1.29, 1.82) is 0 Å². The van der Waals surface area contributed by atoms with Crippen molar-refractivity contribution < 1.29 is 4.79 Å². The summed E-state index contributed by atoms with van der Waals surface area (Å²) < 4.78 is 1.92. The third kappa shape index (κ3) is 5.22. The summed E-state index contributed by atoms with van der Waals surface area (Å²) in [5.41, 5.74) is 2.06. The second-order valence-electron chi connectivity index (χ2n) is 6.26. The monoisotopic (exact) mass is 317 g/mol. The number of rotatable bonds is 5. The largest absolute Gasteiger partial charge is 0.310 e. The molecule has 0 aliphatic heterocycles. The van der Waals surface area contributed by atoms with Gasteiger partial charge in [-0.05, 0) is 12.5 Å². The number of carbonyl (C=O) groups is 1. The minimum absolute atomic E-state index is 0.00846. The van der Waals surface area contributed by atoms with Gasteiger partial charge in [-0.3, -0.25) is 4.79 Å². The number of aryl methyl sites for hydroxylation is 1. The number of nitrogens with zero attached hydrogens (tertiary/aromatic N) is 2. The molecule has 1 amide bonds. The van der Waals surface area contributed by atoms with Crippen LogP contribution in [0.3, 0.4) is 0 Å². The average Bonchev–Trinajstić information content (AvgIpc) is 2.77. The van der Waals surface area contributed by atoms with Crippen LogP contribution in [-0.4, -0.2) is 26.2 Å². The first kappa shape index (κ1) is 16.6. The van der Waals surface area contributed by atoms with Crippen LogP contribution in [0.1, 0.15) is 32.0 Å². The Bertz CT molecular complexity index is 629. The second kappa shape index (κ2) is 7.01. The van der Waals surface area contributed by atoms with E-state index in [0.29, 0.717) is 12.3 Å². The highest BCUT2D eigenvalue weighted by Crippen LogP contribution is 2.23. The van der Waals surface area contributed by atoms with Gasteiger partial charge in [-0.1, -0.05) is 51.1 Å². The van der Waals surface area contributed by atoms with Crippen molar-refractivity contribution in [3.63, 3.8) is 0 Å². The number of benzene rings is 1. The first-order valence-corrected chi connectivity index (χ1v) is 8.34. The minimum Gasteiger partial charge on any atom is -0.310 e. The van der Waals surface area contributed by atoms with E-state index in [1.165, 1.54) is 0 Å². The smallest absolute Gasteiger partial charge is 0.235 e. The molecule has 0 fully saturated rings. The van der Waals surface area contributed by atoms with E-state index in [4.69, 9.17) is 0 Å². The molecule has 2 rings (SSSR count). The number of nitrogens with one attached hydrogen (secondary N) is 1. The second-order valence-corrected chi connectivity index (χ2v) is 8.07. The normalized spacial score (nSPS) is 11.5. The van der Waals surface area contributed by atoms with Gasteiger partial charge >= 0.3 is 0 Å². The maximum Gasteiger partial charge on any atom is 0.235 e. The fraction of sp³-hybridized carbons (Fsp3) is 0.412. The molecule has 0 spiro atoms. The van der Waals surface area contributed by atoms with Gasteiger partial charge in [-0.25, -0.2) is 4.68 Å². The Morgan fingerprint density at radius 2 is 1.95 bits per heavy atom. The molecule has 1 heterocycles. The predicted molar refractivity (Wildman–Crippen MR) is 93.3 cm³/mol. The molecular weight excluding hydrogens is 294 g/mol. The number of thioether (sulfide) groups is 1. The Morgan fingerprint density at radius 3 is 2.59 bits per heavy atom. The van der Waals surface area contributed by atoms with Crippen molar-refractivity contribution >= 4 is 23.5 Å². The molecule has 0 atom stereocenters. The summed E-state index contributed by atoms with van der Waals surface area (Å²) in [7, 11) is 0. The zero-order valence-electron chi connectivity index (χ0n) is 13.6. The van der Waals surface area contributed by atoms with E-state index in [1.54, 1.807) is 11.8 Å². The van der Waals surface area contributed by atoms with Crippen molar-refractivity contribution in [2.75, 3.05) is 11.1 Å². The molecule has 5 heteroatoms. The molecule has 0 saturated heterocycles. The van der Waals surface area contributed by atoms with E-state index in [0.717, 1.165) is 17.1 Å². The molecule has 0 radical (unpaired) electrons. The number of hydrogen-bond donors (Lipinski definition) is 1. The van der Waals surface area contributed by atoms with Gasteiger partial charge in [0.25, 0.3) is 0 Å². The number of hydrogen-bond acceptors (Lipinski definition) is 3. The number of amides is 1. The molecule has 0 unspecified atom stereocenters. The number of aromatic nitrogens is 2. The van der Waals surface area contributed by atoms with E-state index in [-0.39, 0.29) is 10.7 Å². The zero-order valence-corrected chi connectivity index (χ0v) is 14.4. The predicted octanol–water partition coefficient (Wildman–Crippen LogP) is 3.71. The van der Waals surface area contributed by atoms with Crippen LogP contribution in [0.2, 0.25) is 0 Å². The molecule has 1 aromatic carbocycles. The lowest BCUT2D eigenvalue weighted by molar-refractivity contribution is -0.113. The fourth-order valence-electron chi connectivity index (χ4n) is 1.98. The van der Waals surface area contributed by atoms with Crippen LogP contribution in [0.15, 0.2) is 36.4 Å². The third-order valence-electron chi connectivity index (χ3n) is 2.98. The molecule has 1 aromatic heterocycles. The van der Waals surface area contributed by atoms with E-state index >= 15 is 0 Å². The Balaban J connectivity index is 2.03. The van der Waals surface area contributed by atoms with E-state index in [1.807, 2.05) is 35.9 Å². The van der Waals surface area contributed by atoms with E-state index in [9.17, 15) is 4.79 Å². The molecule has 0 bridgehead atoms. The third-order valence-corrected chi connectivity index (χ3v) is 4.25. The maximum absolute atomic E-state index is 12.1. The van der Waals surface area contributed by atoms with Gasteiger partial charge < -0.3 is 5.32 Å². The Labute approximate surface area is 136 Å². The van der Waals surface area contributed by atoms with E-state index < -0.39 is 0 Å². The summed E-state index contributed by atoms with van der Waals surface area (Å²) in [5.74, 6) is 1.20. The van der Waals surface area contributed by atoms with Crippen molar-refractivity contribution in [3.8, 4) is 0 Å². The lowest BCUT2D eigenvalue weighted by Crippen LogP contribution is -2.21. The van der Waals surface area contributed by atoms with Crippen molar-refractivity contribution in [2.24, 2.45) is 0 Å². The van der Waals surface area contributed by atoms with Crippen LogP contribution in [0.25, 0.3) is 0 Å². The molecule has 118 valence electrons. The average molecular weight is 317 g/mol. The van der Waals surface area contributed by atoms with Gasteiger partial charge in [0.2, 0.25) is 5.91 Å². The summed E-state index contributed by atoms with van der Waals surface area (Å²) in [4.78, 5) is 12.1. The van der Waals surface area contributed by atoms with Crippen LogP contribution < -0.4 is 5.32 Å². The summed E-state index contributed by atoms with van der Waals surface area (Å²) in [5, 5.41) is 7.43. The molecule has 4 nitrogen and oxygen atoms in total. The Kier molecular flexibility index (Phi) is 5.29. The van der Waals surface area contributed by atoms with E-state index in [2.05, 4.69) is 43.3 Å². The zero-order chi connectivity index (χ0) is 16.2. The van der Waals surface area contributed by atoms with Crippen molar-refractivity contribution in [2.45, 2.75) is 39.0 Å². The summed E-state index contributed by atoms with van der Waals surface area (Å²) in [6.45, 7) is 8.90. The lowest BCUT2D eigenvalue weighted by atomic mass is 10.2. The van der Waals surface area contributed by atoms with Gasteiger partial charge in [0.05, 0.1) is 18.0 Å². The minimum atomic E-state index is 0.00846. The van der Waals surface area contributed by atoms with Crippen LogP contribution in [-0.2, 0) is 11.3 Å². The van der Waals surface area contributed by atoms with Gasteiger partial charge in [0.1, 0.15) is 5.82 Å². The Morgan fingerprint density at radius 1 is 1.27 bits per heavy atom. The first-order valence-electron chi connectivity index (χ1n) is 7.36. The molecule has 0 aliphatic carbocycles. The molecular formula is C17H23N3OS. The topological polar surface area (TPSA) is 46.9 Å². The number of carbonyl (C=O) groups excluding carboxylic acids is 1. The standard InChI is InChI=1S/C17H23N3OS/c1-13-10-15(18-16(21)12-22-17(2,3)4)20(19-13)11-14-8-6-5-7-9-14/h5-10H,11-12H2,1-4H3,(H,18,21). The van der Waals surface area contributed by atoms with Crippen molar-refractivity contribution in [1.82, 2.24) is 9.78 Å². The molecule has 0 saturated carbocycles. The van der Waals surface area contributed by atoms with Gasteiger partial charge in [0.15, 0.2) is 0 Å². The summed E-state index contributed by atoms with van der Waals surface area (Å²) in [6, 6.07) is 12.0. The molecule has 2 aromatic rings. The van der Waals surface area contributed by atoms with Crippen molar-refractivity contribution in [3.05, 3.63) is 47.7 Å². The highest BCUT2D eigenvalue weighted by Gasteiger charge is 2.15. The molecule has 22 heavy (non-hydrogen) atoms. The van der Waals surface area contributed by atoms with Crippen LogP contribution in [0.5, 0.6) is 0 Å². The van der Waals surface area contributed by atoms with Gasteiger partial charge in [0, 0.05) is 10.8 Å². The summed E-state index contributed by atoms with van der Waals surface area (Å²) in [6.07, 6.45) is 0. The highest BCUT2D eigenvalue weighted by atomic mass is 32.2. The highest BCUT2D eigenvalue weighted by molar-refractivity contribution is 8.01. The Hall–Kier alpha value is -1.75. The quantitative estimate of drug-likeness (QED) is 0.914.